The highest BCUT2D eigenvalue weighted by molar-refractivity contribution is 6.27. The minimum Gasteiger partial charge on any atom is -0.0622 e. The van der Waals surface area contributed by atoms with Gasteiger partial charge in [0, 0.05) is 0 Å². The Kier molecular flexibility index (Phi) is 6.15. The SMILES string of the molecule is c1ccc(-c2ccc3c4c(cccc24)-c2ccc(-c4ccc5ccc(-c6ccc7ccc8c(-c9ccccc9)ccc9ccc6c7c98)cc5c4)cc2-3)cc1. The van der Waals surface area contributed by atoms with Crippen molar-refractivity contribution in [1.82, 2.24) is 0 Å². The van der Waals surface area contributed by atoms with E-state index in [1.165, 1.54) is 121 Å². The summed E-state index contributed by atoms with van der Waals surface area (Å²) in [5, 5.41) is 13.0. The van der Waals surface area contributed by atoms with Crippen molar-refractivity contribution in [3.63, 3.8) is 0 Å². The van der Waals surface area contributed by atoms with Crippen LogP contribution in [0.5, 0.6) is 0 Å². The van der Waals surface area contributed by atoms with E-state index < -0.39 is 0 Å². The largest absolute Gasteiger partial charge is 0.0622 e. The number of hydrogen-bond acceptors (Lipinski definition) is 0. The fraction of sp³-hybridized carbons (Fsp3) is 0. The Hall–Kier alpha value is -7.02. The Morgan fingerprint density at radius 3 is 1.33 bits per heavy atom. The summed E-state index contributed by atoms with van der Waals surface area (Å²) < 4.78 is 0. The van der Waals surface area contributed by atoms with Crippen LogP contribution in [-0.2, 0) is 0 Å². The molecule has 0 heteroatoms. The standard InChI is InChI=1S/C54H32/c1-3-8-34(9-4-1)42-23-18-36-21-27-49-44(24-19-37-20-26-48(42)52(36)53(37)49)40-17-15-33-14-16-38(30-41(33)31-40)39-22-25-45-47-13-7-12-46-43(35-10-5-2-6-11-35)28-29-50(54(46)47)51(45)32-39/h1-32H. The van der Waals surface area contributed by atoms with Crippen molar-refractivity contribution >= 4 is 53.9 Å². The maximum Gasteiger partial charge on any atom is -0.00201 e. The lowest BCUT2D eigenvalue weighted by Crippen LogP contribution is -1.89. The summed E-state index contributed by atoms with van der Waals surface area (Å²) in [4.78, 5) is 0. The first-order chi connectivity index (χ1) is 26.8. The molecule has 0 atom stereocenters. The molecular weight excluding hydrogens is 649 g/mol. The highest BCUT2D eigenvalue weighted by Gasteiger charge is 2.23. The van der Waals surface area contributed by atoms with E-state index in [-0.39, 0.29) is 0 Å². The van der Waals surface area contributed by atoms with Gasteiger partial charge in [-0.2, -0.15) is 0 Å². The Morgan fingerprint density at radius 1 is 0.185 bits per heavy atom. The molecule has 248 valence electrons. The minimum absolute atomic E-state index is 1.24. The normalized spacial score (nSPS) is 12.1. The van der Waals surface area contributed by atoms with E-state index in [4.69, 9.17) is 0 Å². The molecule has 0 unspecified atom stereocenters. The maximum absolute atomic E-state index is 2.40. The third-order valence-corrected chi connectivity index (χ3v) is 12.0. The second-order valence-electron chi connectivity index (χ2n) is 14.8. The van der Waals surface area contributed by atoms with Crippen LogP contribution in [-0.4, -0.2) is 0 Å². The van der Waals surface area contributed by atoms with Gasteiger partial charge in [0.25, 0.3) is 0 Å². The van der Waals surface area contributed by atoms with Crippen LogP contribution in [0.25, 0.3) is 121 Å². The molecule has 0 heterocycles. The molecule has 0 radical (unpaired) electrons. The molecule has 54 heavy (non-hydrogen) atoms. The van der Waals surface area contributed by atoms with Gasteiger partial charge in [0.1, 0.15) is 0 Å². The number of benzene rings is 11. The molecule has 0 aliphatic heterocycles. The van der Waals surface area contributed by atoms with Crippen LogP contribution in [0.4, 0.5) is 0 Å². The van der Waals surface area contributed by atoms with E-state index >= 15 is 0 Å². The zero-order valence-electron chi connectivity index (χ0n) is 29.5. The predicted octanol–water partition coefficient (Wildman–Crippen LogP) is 15.2. The molecule has 11 aromatic carbocycles. The first-order valence-electron chi connectivity index (χ1n) is 18.8. The Bertz CT molecular complexity index is 3300. The van der Waals surface area contributed by atoms with Gasteiger partial charge in [0.15, 0.2) is 0 Å². The van der Waals surface area contributed by atoms with Gasteiger partial charge in [-0.1, -0.05) is 176 Å². The molecule has 0 spiro atoms. The highest BCUT2D eigenvalue weighted by atomic mass is 14.3. The zero-order valence-corrected chi connectivity index (χ0v) is 29.5. The molecule has 0 amide bonds. The van der Waals surface area contributed by atoms with E-state index in [2.05, 4.69) is 194 Å². The fourth-order valence-corrected chi connectivity index (χ4v) is 9.42. The van der Waals surface area contributed by atoms with E-state index in [0.29, 0.717) is 0 Å². The molecule has 11 aromatic rings. The smallest absolute Gasteiger partial charge is 0.00201 e. The van der Waals surface area contributed by atoms with E-state index in [1.54, 1.807) is 0 Å². The van der Waals surface area contributed by atoms with Crippen LogP contribution in [0, 0.1) is 0 Å². The van der Waals surface area contributed by atoms with E-state index in [1.807, 2.05) is 0 Å². The molecule has 1 aliphatic rings. The van der Waals surface area contributed by atoms with Gasteiger partial charge in [-0.15, -0.1) is 0 Å². The van der Waals surface area contributed by atoms with E-state index in [0.717, 1.165) is 0 Å². The number of fused-ring (bicyclic) bond motifs is 4. The first-order valence-corrected chi connectivity index (χ1v) is 18.8. The minimum atomic E-state index is 1.24. The van der Waals surface area contributed by atoms with Crippen LogP contribution in [0.1, 0.15) is 0 Å². The van der Waals surface area contributed by atoms with Gasteiger partial charge < -0.3 is 0 Å². The van der Waals surface area contributed by atoms with Gasteiger partial charge >= 0.3 is 0 Å². The van der Waals surface area contributed by atoms with Crippen LogP contribution < -0.4 is 0 Å². The van der Waals surface area contributed by atoms with Crippen molar-refractivity contribution in [2.75, 3.05) is 0 Å². The van der Waals surface area contributed by atoms with Crippen molar-refractivity contribution in [3.8, 4) is 66.8 Å². The summed E-state index contributed by atoms with van der Waals surface area (Å²) in [5.74, 6) is 0. The molecule has 0 fully saturated rings. The number of hydrogen-bond donors (Lipinski definition) is 0. The van der Waals surface area contributed by atoms with Crippen LogP contribution >= 0.6 is 0 Å². The zero-order chi connectivity index (χ0) is 35.3. The van der Waals surface area contributed by atoms with Gasteiger partial charge in [0.2, 0.25) is 0 Å². The maximum atomic E-state index is 2.40. The van der Waals surface area contributed by atoms with Crippen molar-refractivity contribution in [3.05, 3.63) is 194 Å². The van der Waals surface area contributed by atoms with Gasteiger partial charge in [-0.25, -0.2) is 0 Å². The molecular formula is C54H32. The second kappa shape index (κ2) is 11.2. The quantitative estimate of drug-likeness (QED) is 0.162. The summed E-state index contributed by atoms with van der Waals surface area (Å²) in [6.07, 6.45) is 0. The Balaban J connectivity index is 0.972. The average molecular weight is 681 g/mol. The third kappa shape index (κ3) is 4.26. The van der Waals surface area contributed by atoms with E-state index in [9.17, 15) is 0 Å². The van der Waals surface area contributed by atoms with Gasteiger partial charge in [-0.3, -0.25) is 0 Å². The number of rotatable bonds is 4. The predicted molar refractivity (Wildman–Crippen MR) is 231 cm³/mol. The molecule has 0 N–H and O–H groups in total. The molecule has 0 aromatic heterocycles. The van der Waals surface area contributed by atoms with Crippen molar-refractivity contribution in [2.45, 2.75) is 0 Å². The van der Waals surface area contributed by atoms with Crippen LogP contribution in [0.15, 0.2) is 194 Å². The molecule has 0 saturated heterocycles. The van der Waals surface area contributed by atoms with Gasteiger partial charge in [-0.05, 0) is 139 Å². The molecule has 1 aliphatic carbocycles. The fourth-order valence-electron chi connectivity index (χ4n) is 9.42. The monoisotopic (exact) mass is 680 g/mol. The van der Waals surface area contributed by atoms with Crippen molar-refractivity contribution < 1.29 is 0 Å². The summed E-state index contributed by atoms with van der Waals surface area (Å²) in [7, 11) is 0. The first kappa shape index (κ1) is 29.5. The van der Waals surface area contributed by atoms with Crippen LogP contribution in [0.2, 0.25) is 0 Å². The lowest BCUT2D eigenvalue weighted by atomic mass is 9.87. The second-order valence-corrected chi connectivity index (χ2v) is 14.8. The third-order valence-electron chi connectivity index (χ3n) is 12.0. The summed E-state index contributed by atoms with van der Waals surface area (Å²) in [6, 6.07) is 72.3. The summed E-state index contributed by atoms with van der Waals surface area (Å²) in [6.45, 7) is 0. The molecule has 0 nitrogen and oxygen atoms in total. The lowest BCUT2D eigenvalue weighted by Gasteiger charge is -2.17. The van der Waals surface area contributed by atoms with Crippen LogP contribution in [0.3, 0.4) is 0 Å². The highest BCUT2D eigenvalue weighted by Crippen LogP contribution is 2.50. The van der Waals surface area contributed by atoms with Gasteiger partial charge in [0.05, 0.1) is 0 Å². The molecule has 0 bridgehead atoms. The summed E-state index contributed by atoms with van der Waals surface area (Å²) in [5.41, 5.74) is 15.4. The molecule has 12 rings (SSSR count). The topological polar surface area (TPSA) is 0 Å². The van der Waals surface area contributed by atoms with Crippen molar-refractivity contribution in [1.29, 1.82) is 0 Å². The summed E-state index contributed by atoms with van der Waals surface area (Å²) >= 11 is 0. The molecule has 0 saturated carbocycles. The average Bonchev–Trinajstić information content (AvgIpc) is 3.57. The Morgan fingerprint density at radius 2 is 0.648 bits per heavy atom. The Labute approximate surface area is 313 Å². The lowest BCUT2D eigenvalue weighted by molar-refractivity contribution is 1.63. The van der Waals surface area contributed by atoms with Crippen molar-refractivity contribution in [2.24, 2.45) is 0 Å².